The summed E-state index contributed by atoms with van der Waals surface area (Å²) >= 11 is 0. The molecule has 0 amide bonds. The summed E-state index contributed by atoms with van der Waals surface area (Å²) in [5.74, 6) is 0. The van der Waals surface area contributed by atoms with E-state index in [1.54, 1.807) is 30.3 Å². The second-order valence-electron chi connectivity index (χ2n) is 4.99. The zero-order chi connectivity index (χ0) is 15.6. The molecule has 2 aromatic rings. The maximum atomic E-state index is 11.2. The molecular weight excluding hydrogens is 236 g/mol. The maximum Gasteiger partial charge on any atom is 0.150 e. The Kier molecular flexibility index (Phi) is 2.92. The first-order valence-corrected chi connectivity index (χ1v) is 6.05. The van der Waals surface area contributed by atoms with Crippen molar-refractivity contribution in [3.8, 4) is 0 Å². The van der Waals surface area contributed by atoms with E-state index in [9.17, 15) is 9.59 Å². The van der Waals surface area contributed by atoms with Crippen molar-refractivity contribution in [1.29, 1.82) is 0 Å². The SMILES string of the molecule is [3H]C(=O)c1ccc(C(C)(C)c2cccc(C([3H])=O)c2)cc1. The van der Waals surface area contributed by atoms with Gasteiger partial charge in [0.1, 0.15) is 15.3 Å². The lowest BCUT2D eigenvalue weighted by Crippen LogP contribution is -2.19. The van der Waals surface area contributed by atoms with Crippen LogP contribution in [0, 0.1) is 0 Å². The second kappa shape index (κ2) is 5.19. The lowest BCUT2D eigenvalue weighted by Gasteiger charge is -2.26. The Hall–Kier alpha value is -2.22. The van der Waals surface area contributed by atoms with Crippen LogP contribution < -0.4 is 0 Å². The summed E-state index contributed by atoms with van der Waals surface area (Å²) in [6.45, 7) is 4.02. The van der Waals surface area contributed by atoms with Gasteiger partial charge in [0.25, 0.3) is 0 Å². The van der Waals surface area contributed by atoms with E-state index >= 15 is 0 Å². The Morgan fingerprint density at radius 3 is 2.11 bits per heavy atom. The highest BCUT2D eigenvalue weighted by molar-refractivity contribution is 5.76. The van der Waals surface area contributed by atoms with Gasteiger partial charge in [-0.3, -0.25) is 9.59 Å². The fourth-order valence-electron chi connectivity index (χ4n) is 2.09. The molecule has 0 saturated heterocycles. The Bertz CT molecular complexity index is 688. The van der Waals surface area contributed by atoms with Crippen LogP contribution in [0.3, 0.4) is 0 Å². The minimum Gasteiger partial charge on any atom is -0.298 e. The first-order valence-electron chi connectivity index (χ1n) is 7.05. The van der Waals surface area contributed by atoms with E-state index in [0.29, 0.717) is 11.1 Å². The largest absolute Gasteiger partial charge is 0.298 e. The Morgan fingerprint density at radius 1 is 0.895 bits per heavy atom. The van der Waals surface area contributed by atoms with Crippen molar-refractivity contribution in [2.75, 3.05) is 0 Å². The maximum absolute atomic E-state index is 11.2. The molecule has 0 aliphatic carbocycles. The van der Waals surface area contributed by atoms with Crippen molar-refractivity contribution in [3.63, 3.8) is 0 Å². The lowest BCUT2D eigenvalue weighted by atomic mass is 9.77. The molecule has 0 aliphatic heterocycles. The van der Waals surface area contributed by atoms with Crippen LogP contribution in [-0.2, 0) is 5.41 Å². The van der Waals surface area contributed by atoms with E-state index in [0.717, 1.165) is 11.1 Å². The van der Waals surface area contributed by atoms with Gasteiger partial charge in [0, 0.05) is 16.5 Å². The van der Waals surface area contributed by atoms with Crippen LogP contribution in [0.15, 0.2) is 48.5 Å². The Morgan fingerprint density at radius 2 is 1.53 bits per heavy atom. The van der Waals surface area contributed by atoms with E-state index in [2.05, 4.69) is 0 Å². The monoisotopic (exact) mass is 256 g/mol. The van der Waals surface area contributed by atoms with Crippen LogP contribution in [0.1, 0.15) is 48.4 Å². The van der Waals surface area contributed by atoms with Crippen molar-refractivity contribution < 1.29 is 12.3 Å². The summed E-state index contributed by atoms with van der Waals surface area (Å²) < 4.78 is 14.3. The summed E-state index contributed by atoms with van der Waals surface area (Å²) in [5.41, 5.74) is 2.24. The average molecular weight is 256 g/mol. The van der Waals surface area contributed by atoms with Gasteiger partial charge in [0.15, 0.2) is 0 Å². The van der Waals surface area contributed by atoms with Gasteiger partial charge in [-0.1, -0.05) is 56.3 Å². The van der Waals surface area contributed by atoms with Crippen LogP contribution in [0.5, 0.6) is 0 Å². The first-order chi connectivity index (χ1) is 9.82. The molecular formula is C17H16O2. The van der Waals surface area contributed by atoms with Crippen LogP contribution in [0.4, 0.5) is 0 Å². The quantitative estimate of drug-likeness (QED) is 0.783. The van der Waals surface area contributed by atoms with Crippen molar-refractivity contribution in [3.05, 3.63) is 70.8 Å². The molecule has 0 aromatic heterocycles. The molecule has 96 valence electrons. The lowest BCUT2D eigenvalue weighted by molar-refractivity contribution is 0.111. The van der Waals surface area contributed by atoms with Gasteiger partial charge in [-0.15, -0.1) is 0 Å². The number of carbonyl (C=O) groups excluding carboxylic acids is 2. The van der Waals surface area contributed by atoms with E-state index < -0.39 is 12.5 Å². The highest BCUT2D eigenvalue weighted by Gasteiger charge is 2.23. The van der Waals surface area contributed by atoms with E-state index in [-0.39, 0.29) is 5.41 Å². The number of hydrogen-bond acceptors (Lipinski definition) is 2. The Balaban J connectivity index is 2.43. The first kappa shape index (κ1) is 10.7. The van der Waals surface area contributed by atoms with Gasteiger partial charge in [0.2, 0.25) is 0 Å². The molecule has 2 nitrogen and oxygen atoms in total. The summed E-state index contributed by atoms with van der Waals surface area (Å²) in [4.78, 5) is 22.2. The van der Waals surface area contributed by atoms with Crippen molar-refractivity contribution >= 4 is 12.5 Å². The van der Waals surface area contributed by atoms with Crippen LogP contribution >= 0.6 is 0 Å². The molecule has 19 heavy (non-hydrogen) atoms. The minimum atomic E-state index is -0.707. The highest BCUT2D eigenvalue weighted by atomic mass is 16.1. The zero-order valence-corrected chi connectivity index (χ0v) is 10.9. The highest BCUT2D eigenvalue weighted by Crippen LogP contribution is 2.31. The third kappa shape index (κ3) is 2.63. The fraction of sp³-hybridized carbons (Fsp3) is 0.176. The fourth-order valence-corrected chi connectivity index (χ4v) is 2.09. The van der Waals surface area contributed by atoms with Gasteiger partial charge in [-0.2, -0.15) is 0 Å². The standard InChI is InChI=1S/C17H16O2/c1-17(2,15-8-6-13(11-18)7-9-15)16-5-3-4-14(10-16)12-19/h3-12H,1-2H3/i11T,12T. The summed E-state index contributed by atoms with van der Waals surface area (Å²) in [5, 5.41) is 0. The van der Waals surface area contributed by atoms with E-state index in [4.69, 9.17) is 2.74 Å². The normalized spacial score (nSPS) is 12.5. The van der Waals surface area contributed by atoms with Gasteiger partial charge in [-0.05, 0) is 17.2 Å². The summed E-state index contributed by atoms with van der Waals surface area (Å²) in [6.07, 6.45) is -1.41. The molecule has 0 unspecified atom stereocenters. The summed E-state index contributed by atoms with van der Waals surface area (Å²) in [7, 11) is 0. The molecule has 0 heterocycles. The molecule has 0 spiro atoms. The predicted molar refractivity (Wildman–Crippen MR) is 75.8 cm³/mol. The smallest absolute Gasteiger partial charge is 0.150 e. The van der Waals surface area contributed by atoms with Gasteiger partial charge < -0.3 is 0 Å². The molecule has 0 saturated carbocycles. The Labute approximate surface area is 115 Å². The van der Waals surface area contributed by atoms with E-state index in [1.165, 1.54) is 0 Å². The molecule has 0 aliphatic rings. The number of carbonyl (C=O) groups is 2. The molecule has 2 heteroatoms. The van der Waals surface area contributed by atoms with Gasteiger partial charge in [-0.25, -0.2) is 0 Å². The van der Waals surface area contributed by atoms with Crippen molar-refractivity contribution in [1.82, 2.24) is 0 Å². The molecule has 0 radical (unpaired) electrons. The average Bonchev–Trinajstić information content (AvgIpc) is 2.47. The topological polar surface area (TPSA) is 34.1 Å². The number of aldehydes is 2. The number of benzene rings is 2. The number of hydrogen-bond donors (Lipinski definition) is 0. The van der Waals surface area contributed by atoms with Crippen LogP contribution in [-0.4, -0.2) is 12.5 Å². The third-order valence-corrected chi connectivity index (χ3v) is 3.43. The van der Waals surface area contributed by atoms with Gasteiger partial charge in [0.05, 0.1) is 0 Å². The minimum absolute atomic E-state index is 0.352. The predicted octanol–water partition coefficient (Wildman–Crippen LogP) is 3.64. The molecule has 2 rings (SSSR count). The second-order valence-corrected chi connectivity index (χ2v) is 4.99. The zero-order valence-electron chi connectivity index (χ0n) is 12.9. The van der Waals surface area contributed by atoms with Crippen LogP contribution in [0.2, 0.25) is 0 Å². The number of rotatable bonds is 4. The van der Waals surface area contributed by atoms with Crippen molar-refractivity contribution in [2.24, 2.45) is 0 Å². The molecule has 0 bridgehead atoms. The molecule has 0 atom stereocenters. The third-order valence-electron chi connectivity index (χ3n) is 3.43. The molecule has 2 aromatic carbocycles. The molecule has 0 N–H and O–H groups in total. The van der Waals surface area contributed by atoms with E-state index in [1.807, 2.05) is 32.0 Å². The molecule has 0 fully saturated rings. The van der Waals surface area contributed by atoms with Crippen LogP contribution in [0.25, 0.3) is 0 Å². The summed E-state index contributed by atoms with van der Waals surface area (Å²) in [6, 6.07) is 13.9. The van der Waals surface area contributed by atoms with Gasteiger partial charge >= 0.3 is 0 Å². The van der Waals surface area contributed by atoms with Crippen molar-refractivity contribution in [2.45, 2.75) is 19.3 Å².